The molecule has 0 N–H and O–H groups in total. The molecule has 0 saturated heterocycles. The van der Waals surface area contributed by atoms with Crippen molar-refractivity contribution in [1.82, 2.24) is 0 Å². The zero-order chi connectivity index (χ0) is 13.2. The van der Waals surface area contributed by atoms with Crippen LogP contribution in [0.1, 0.15) is 25.3 Å². The van der Waals surface area contributed by atoms with Gasteiger partial charge in [-0.2, -0.15) is 0 Å². The third-order valence-electron chi connectivity index (χ3n) is 3.34. The lowest BCUT2D eigenvalue weighted by atomic mass is 9.96. The first-order chi connectivity index (χ1) is 8.67. The molecule has 98 valence electrons. The van der Waals surface area contributed by atoms with Gasteiger partial charge in [0.05, 0.1) is 26.2 Å². The summed E-state index contributed by atoms with van der Waals surface area (Å²) in [6, 6.07) is 5.63. The number of esters is 1. The normalized spacial score (nSPS) is 15.9. The van der Waals surface area contributed by atoms with Crippen LogP contribution in [0, 0.1) is 0 Å². The van der Waals surface area contributed by atoms with Gasteiger partial charge in [-0.05, 0) is 37.5 Å². The molecule has 2 rings (SSSR count). The summed E-state index contributed by atoms with van der Waals surface area (Å²) in [7, 11) is 3.03. The molecule has 0 heterocycles. The number of methoxy groups -OCH3 is 2. The van der Waals surface area contributed by atoms with Gasteiger partial charge in [0.2, 0.25) is 0 Å². The van der Waals surface area contributed by atoms with E-state index < -0.39 is 5.41 Å². The molecular weight excluding hydrogens is 232 g/mol. The number of ether oxygens (including phenoxy) is 3. The van der Waals surface area contributed by atoms with Gasteiger partial charge in [-0.3, -0.25) is 4.79 Å². The van der Waals surface area contributed by atoms with Crippen molar-refractivity contribution in [2.45, 2.75) is 25.2 Å². The van der Waals surface area contributed by atoms with Crippen molar-refractivity contribution in [2.24, 2.45) is 0 Å². The molecule has 4 nitrogen and oxygen atoms in total. The Morgan fingerprint density at radius 1 is 1.28 bits per heavy atom. The van der Waals surface area contributed by atoms with Gasteiger partial charge in [-0.15, -0.1) is 0 Å². The number of hydrogen-bond donors (Lipinski definition) is 0. The largest absolute Gasteiger partial charge is 0.493 e. The predicted molar refractivity (Wildman–Crippen MR) is 67.1 cm³/mol. The van der Waals surface area contributed by atoms with Crippen LogP contribution in [0.15, 0.2) is 18.2 Å². The Hall–Kier alpha value is -1.71. The summed E-state index contributed by atoms with van der Waals surface area (Å²) in [5.74, 6) is 1.18. The van der Waals surface area contributed by atoms with Gasteiger partial charge in [-0.1, -0.05) is 6.07 Å². The molecule has 1 aromatic carbocycles. The van der Waals surface area contributed by atoms with E-state index in [1.54, 1.807) is 7.11 Å². The monoisotopic (exact) mass is 250 g/mol. The number of rotatable bonds is 5. The lowest BCUT2D eigenvalue weighted by molar-refractivity contribution is -0.143. The second kappa shape index (κ2) is 4.88. The van der Waals surface area contributed by atoms with Crippen molar-refractivity contribution in [2.75, 3.05) is 20.8 Å². The summed E-state index contributed by atoms with van der Waals surface area (Å²) in [5.41, 5.74) is 0.478. The number of benzene rings is 1. The second-order valence-corrected chi connectivity index (χ2v) is 4.37. The van der Waals surface area contributed by atoms with Gasteiger partial charge < -0.3 is 14.2 Å². The van der Waals surface area contributed by atoms with E-state index >= 15 is 0 Å². The molecule has 0 aromatic heterocycles. The molecule has 0 atom stereocenters. The van der Waals surface area contributed by atoms with E-state index in [0.29, 0.717) is 18.1 Å². The fourth-order valence-corrected chi connectivity index (χ4v) is 2.17. The average Bonchev–Trinajstić information content (AvgIpc) is 3.19. The minimum absolute atomic E-state index is 0.171. The van der Waals surface area contributed by atoms with Crippen molar-refractivity contribution >= 4 is 5.97 Å². The standard InChI is InChI=1S/C14H18O4/c1-4-18-12-9-10(5-6-11(12)16-2)14(7-8-14)13(15)17-3/h5-6,9H,4,7-8H2,1-3H3. The molecule has 0 amide bonds. The van der Waals surface area contributed by atoms with E-state index in [0.717, 1.165) is 18.4 Å². The van der Waals surface area contributed by atoms with Gasteiger partial charge in [0.15, 0.2) is 11.5 Å². The Kier molecular flexibility index (Phi) is 3.45. The lowest BCUT2D eigenvalue weighted by Gasteiger charge is -2.16. The first-order valence-electron chi connectivity index (χ1n) is 6.07. The van der Waals surface area contributed by atoms with Crippen molar-refractivity contribution in [3.63, 3.8) is 0 Å². The van der Waals surface area contributed by atoms with E-state index in [1.165, 1.54) is 7.11 Å². The molecule has 1 aliphatic carbocycles. The third-order valence-corrected chi connectivity index (χ3v) is 3.34. The SMILES string of the molecule is CCOc1cc(C2(C(=O)OC)CC2)ccc1OC. The molecule has 18 heavy (non-hydrogen) atoms. The zero-order valence-electron chi connectivity index (χ0n) is 11.0. The Balaban J connectivity index is 2.35. The molecule has 0 unspecified atom stereocenters. The fraction of sp³-hybridized carbons (Fsp3) is 0.500. The van der Waals surface area contributed by atoms with Crippen LogP contribution in [-0.4, -0.2) is 26.8 Å². The molecule has 1 aliphatic rings. The summed E-state index contributed by atoms with van der Waals surface area (Å²) in [6.07, 6.45) is 1.66. The Labute approximate surface area is 107 Å². The minimum Gasteiger partial charge on any atom is -0.493 e. The van der Waals surface area contributed by atoms with Crippen LogP contribution in [0.2, 0.25) is 0 Å². The predicted octanol–water partition coefficient (Wildman–Crippen LogP) is 2.30. The maximum Gasteiger partial charge on any atom is 0.316 e. The van der Waals surface area contributed by atoms with Crippen LogP contribution in [-0.2, 0) is 14.9 Å². The van der Waals surface area contributed by atoms with Crippen LogP contribution in [0.3, 0.4) is 0 Å². The fourth-order valence-electron chi connectivity index (χ4n) is 2.17. The molecule has 0 spiro atoms. The smallest absolute Gasteiger partial charge is 0.316 e. The number of carbonyl (C=O) groups excluding carboxylic acids is 1. The number of carbonyl (C=O) groups is 1. The Morgan fingerprint density at radius 3 is 2.50 bits per heavy atom. The highest BCUT2D eigenvalue weighted by Crippen LogP contribution is 2.50. The van der Waals surface area contributed by atoms with Gasteiger partial charge in [0.25, 0.3) is 0 Å². The molecule has 0 bridgehead atoms. The number of hydrogen-bond acceptors (Lipinski definition) is 4. The Morgan fingerprint density at radius 2 is 2.00 bits per heavy atom. The van der Waals surface area contributed by atoms with Gasteiger partial charge in [0.1, 0.15) is 0 Å². The molecule has 0 radical (unpaired) electrons. The summed E-state index contributed by atoms with van der Waals surface area (Å²) >= 11 is 0. The van der Waals surface area contributed by atoms with E-state index in [4.69, 9.17) is 14.2 Å². The summed E-state index contributed by atoms with van der Waals surface area (Å²) in [4.78, 5) is 11.8. The first-order valence-corrected chi connectivity index (χ1v) is 6.07. The first kappa shape index (κ1) is 12.7. The molecule has 4 heteroatoms. The van der Waals surface area contributed by atoms with Crippen molar-refractivity contribution in [1.29, 1.82) is 0 Å². The van der Waals surface area contributed by atoms with Crippen molar-refractivity contribution < 1.29 is 19.0 Å². The van der Waals surface area contributed by atoms with Crippen molar-refractivity contribution in [3.05, 3.63) is 23.8 Å². The highest BCUT2D eigenvalue weighted by Gasteiger charge is 2.52. The molecule has 1 aromatic rings. The van der Waals surface area contributed by atoms with Crippen LogP contribution in [0.5, 0.6) is 11.5 Å². The summed E-state index contributed by atoms with van der Waals surface area (Å²) < 4.78 is 15.6. The quantitative estimate of drug-likeness (QED) is 0.752. The lowest BCUT2D eigenvalue weighted by Crippen LogP contribution is -2.21. The third kappa shape index (κ3) is 2.03. The maximum absolute atomic E-state index is 11.8. The topological polar surface area (TPSA) is 44.8 Å². The van der Waals surface area contributed by atoms with Gasteiger partial charge >= 0.3 is 5.97 Å². The van der Waals surface area contributed by atoms with E-state index in [1.807, 2.05) is 25.1 Å². The zero-order valence-corrected chi connectivity index (χ0v) is 11.0. The molecular formula is C14H18O4. The van der Waals surface area contributed by atoms with E-state index in [2.05, 4.69) is 0 Å². The highest BCUT2D eigenvalue weighted by atomic mass is 16.5. The summed E-state index contributed by atoms with van der Waals surface area (Å²) in [6.45, 7) is 2.48. The van der Waals surface area contributed by atoms with Gasteiger partial charge in [-0.25, -0.2) is 0 Å². The second-order valence-electron chi connectivity index (χ2n) is 4.37. The van der Waals surface area contributed by atoms with Gasteiger partial charge in [0, 0.05) is 0 Å². The molecule has 1 saturated carbocycles. The van der Waals surface area contributed by atoms with Crippen LogP contribution >= 0.6 is 0 Å². The van der Waals surface area contributed by atoms with Crippen LogP contribution in [0.4, 0.5) is 0 Å². The van der Waals surface area contributed by atoms with E-state index in [9.17, 15) is 4.79 Å². The van der Waals surface area contributed by atoms with Crippen LogP contribution < -0.4 is 9.47 Å². The summed E-state index contributed by atoms with van der Waals surface area (Å²) in [5, 5.41) is 0. The Bertz CT molecular complexity index is 449. The molecule has 0 aliphatic heterocycles. The van der Waals surface area contributed by atoms with E-state index in [-0.39, 0.29) is 5.97 Å². The van der Waals surface area contributed by atoms with Crippen LogP contribution in [0.25, 0.3) is 0 Å². The average molecular weight is 250 g/mol. The molecule has 1 fully saturated rings. The maximum atomic E-state index is 11.8. The minimum atomic E-state index is -0.465. The highest BCUT2D eigenvalue weighted by molar-refractivity contribution is 5.86. The van der Waals surface area contributed by atoms with Crippen molar-refractivity contribution in [3.8, 4) is 11.5 Å².